The molecule has 0 bridgehead atoms. The number of nitrogens with zero attached hydrogens (tertiary/aromatic N) is 2. The molecule has 232 valence electrons. The predicted molar refractivity (Wildman–Crippen MR) is 158 cm³/mol. The molecule has 0 spiro atoms. The van der Waals surface area contributed by atoms with Gasteiger partial charge in [0.2, 0.25) is 23.5 Å². The van der Waals surface area contributed by atoms with Crippen LogP contribution in [0, 0.1) is 11.3 Å². The molecule has 1 aliphatic rings. The molecule has 1 fully saturated rings. The summed E-state index contributed by atoms with van der Waals surface area (Å²) in [4.78, 5) is 81.3. The first kappa shape index (κ1) is 34.4. The van der Waals surface area contributed by atoms with E-state index >= 15 is 0 Å². The number of nitrogens with one attached hydrogen (secondary N) is 4. The van der Waals surface area contributed by atoms with Crippen molar-refractivity contribution in [2.45, 2.75) is 72.6 Å². The lowest BCUT2D eigenvalue weighted by atomic mass is 9.85. The van der Waals surface area contributed by atoms with Crippen LogP contribution in [0.5, 0.6) is 0 Å². The lowest BCUT2D eigenvalue weighted by Gasteiger charge is -2.34. The zero-order valence-corrected chi connectivity index (χ0v) is 25.9. The average molecular weight is 587 g/mol. The van der Waals surface area contributed by atoms with Crippen LogP contribution in [0.15, 0.2) is 30.3 Å². The van der Waals surface area contributed by atoms with Crippen molar-refractivity contribution in [3.63, 3.8) is 0 Å². The van der Waals surface area contributed by atoms with Crippen LogP contribution in [0.1, 0.15) is 58.8 Å². The predicted octanol–water partition coefficient (Wildman–Crippen LogP) is 0.324. The van der Waals surface area contributed by atoms with Gasteiger partial charge < -0.3 is 31.1 Å². The number of piperazine rings is 1. The molecule has 0 aliphatic carbocycles. The number of ketones is 1. The molecule has 0 unspecified atom stereocenters. The maximum atomic E-state index is 13.2. The normalized spacial score (nSPS) is 16.9. The summed E-state index contributed by atoms with van der Waals surface area (Å²) in [5.74, 6) is -4.28. The first-order valence-corrected chi connectivity index (χ1v) is 14.3. The van der Waals surface area contributed by atoms with E-state index in [-0.39, 0.29) is 5.91 Å². The van der Waals surface area contributed by atoms with Gasteiger partial charge in [0.1, 0.15) is 18.1 Å². The topological polar surface area (TPSA) is 157 Å². The Hall–Kier alpha value is -3.80. The van der Waals surface area contributed by atoms with Gasteiger partial charge in [-0.05, 0) is 44.4 Å². The Morgan fingerprint density at radius 2 is 1.31 bits per heavy atom. The van der Waals surface area contributed by atoms with Crippen molar-refractivity contribution in [2.24, 2.45) is 11.3 Å². The lowest BCUT2D eigenvalue weighted by Crippen LogP contribution is -2.59. The zero-order valence-electron chi connectivity index (χ0n) is 25.9. The van der Waals surface area contributed by atoms with Crippen LogP contribution in [0.25, 0.3) is 0 Å². The van der Waals surface area contributed by atoms with E-state index in [9.17, 15) is 28.8 Å². The maximum absolute atomic E-state index is 13.2. The maximum Gasteiger partial charge on any atom is 0.290 e. The van der Waals surface area contributed by atoms with Gasteiger partial charge in [0.15, 0.2) is 0 Å². The Morgan fingerprint density at radius 1 is 0.738 bits per heavy atom. The van der Waals surface area contributed by atoms with Gasteiger partial charge in [-0.25, -0.2) is 0 Å². The molecule has 0 saturated carbocycles. The van der Waals surface area contributed by atoms with Crippen molar-refractivity contribution in [1.29, 1.82) is 0 Å². The van der Waals surface area contributed by atoms with Gasteiger partial charge in [-0.2, -0.15) is 0 Å². The van der Waals surface area contributed by atoms with Gasteiger partial charge in [0.25, 0.3) is 11.8 Å². The van der Waals surface area contributed by atoms with E-state index in [1.807, 2.05) is 7.05 Å². The number of likely N-dealkylation sites (N-methyl/N-ethyl adjacent to an activating group) is 1. The van der Waals surface area contributed by atoms with E-state index in [0.29, 0.717) is 18.7 Å². The largest absolute Gasteiger partial charge is 0.344 e. The summed E-state index contributed by atoms with van der Waals surface area (Å²) in [6.45, 7) is 14.2. The highest BCUT2D eigenvalue weighted by Gasteiger charge is 2.36. The molecule has 4 atom stereocenters. The number of carbonyl (C=O) groups excluding carboxylic acids is 6. The highest BCUT2D eigenvalue weighted by atomic mass is 16.2. The third-order valence-electron chi connectivity index (χ3n) is 7.20. The van der Waals surface area contributed by atoms with Gasteiger partial charge in [-0.15, -0.1) is 0 Å². The third-order valence-corrected chi connectivity index (χ3v) is 7.20. The van der Waals surface area contributed by atoms with Crippen LogP contribution in [0.2, 0.25) is 0 Å². The zero-order chi connectivity index (χ0) is 31.8. The minimum Gasteiger partial charge on any atom is -0.344 e. The second-order valence-corrected chi connectivity index (χ2v) is 12.3. The van der Waals surface area contributed by atoms with Crippen LogP contribution < -0.4 is 21.3 Å². The molecule has 0 radical (unpaired) electrons. The van der Waals surface area contributed by atoms with E-state index in [0.717, 1.165) is 13.1 Å². The second kappa shape index (κ2) is 14.9. The fraction of sp³-hybridized carbons (Fsp3) is 0.600. The fourth-order valence-corrected chi connectivity index (χ4v) is 4.43. The number of amides is 5. The molecule has 1 aromatic rings. The Bertz CT molecular complexity index is 1140. The van der Waals surface area contributed by atoms with E-state index in [4.69, 9.17) is 0 Å². The molecule has 4 N–H and O–H groups in total. The van der Waals surface area contributed by atoms with Gasteiger partial charge >= 0.3 is 0 Å². The SMILES string of the molecule is CC(C)[C@H](NC(=O)[C@H](C)NC(=O)[C@@H](NC(=O)c1ccccc1)C(C)(C)C)C(=O)C(=O)N[C@H](C)C(=O)N1CCN(C)CC1. The highest BCUT2D eigenvalue weighted by molar-refractivity contribution is 6.38. The standard InChI is InChI=1S/C30H46N6O6/c1-18(2)22(23(37)27(40)32-20(4)29(42)36-16-14-35(8)15-17-36)33-25(38)19(3)31-28(41)24(30(5,6)7)34-26(39)21-12-10-9-11-13-21/h9-13,18-20,22,24H,14-17H2,1-8H3,(H,31,41)(H,32,40)(H,33,38)(H,34,39)/t19-,20+,22-,24+/m0/s1. The average Bonchev–Trinajstić information content (AvgIpc) is 2.93. The van der Waals surface area contributed by atoms with Crippen LogP contribution in [-0.2, 0) is 24.0 Å². The molecule has 1 saturated heterocycles. The van der Waals surface area contributed by atoms with Crippen molar-refractivity contribution in [3.05, 3.63) is 35.9 Å². The molecule has 0 aromatic heterocycles. The first-order valence-electron chi connectivity index (χ1n) is 14.3. The van der Waals surface area contributed by atoms with Crippen molar-refractivity contribution >= 4 is 35.3 Å². The first-order chi connectivity index (χ1) is 19.5. The molecule has 42 heavy (non-hydrogen) atoms. The minimum absolute atomic E-state index is 0.279. The van der Waals surface area contributed by atoms with E-state index < -0.39 is 64.9 Å². The minimum atomic E-state index is -1.18. The Morgan fingerprint density at radius 3 is 1.83 bits per heavy atom. The fourth-order valence-electron chi connectivity index (χ4n) is 4.43. The summed E-state index contributed by atoms with van der Waals surface area (Å²) in [7, 11) is 1.96. The highest BCUT2D eigenvalue weighted by Crippen LogP contribution is 2.20. The Balaban J connectivity index is 2.01. The van der Waals surface area contributed by atoms with Gasteiger partial charge in [-0.1, -0.05) is 52.8 Å². The summed E-state index contributed by atoms with van der Waals surface area (Å²) in [5.41, 5.74) is -0.293. The van der Waals surface area contributed by atoms with Crippen molar-refractivity contribution in [3.8, 4) is 0 Å². The number of hydrogen-bond acceptors (Lipinski definition) is 7. The van der Waals surface area contributed by atoms with Crippen LogP contribution >= 0.6 is 0 Å². The van der Waals surface area contributed by atoms with Crippen LogP contribution in [-0.4, -0.2) is 103 Å². The number of Topliss-reactive ketones (excluding diaryl/α,β-unsaturated/α-hetero) is 1. The van der Waals surface area contributed by atoms with Crippen molar-refractivity contribution in [1.82, 2.24) is 31.1 Å². The number of carbonyl (C=O) groups is 6. The number of benzene rings is 1. The van der Waals surface area contributed by atoms with E-state index in [1.165, 1.54) is 13.8 Å². The molecule has 1 aromatic carbocycles. The summed E-state index contributed by atoms with van der Waals surface area (Å²) in [6, 6.07) is 4.33. The summed E-state index contributed by atoms with van der Waals surface area (Å²) in [6.07, 6.45) is 0. The second-order valence-electron chi connectivity index (χ2n) is 12.3. The van der Waals surface area contributed by atoms with Gasteiger partial charge in [0.05, 0.1) is 6.04 Å². The lowest BCUT2D eigenvalue weighted by molar-refractivity contribution is -0.143. The molecular weight excluding hydrogens is 540 g/mol. The quantitative estimate of drug-likeness (QED) is 0.272. The van der Waals surface area contributed by atoms with Gasteiger partial charge in [-0.3, -0.25) is 28.8 Å². The summed E-state index contributed by atoms with van der Waals surface area (Å²) < 4.78 is 0. The van der Waals surface area contributed by atoms with Crippen molar-refractivity contribution < 1.29 is 28.8 Å². The summed E-state index contributed by atoms with van der Waals surface area (Å²) >= 11 is 0. The smallest absolute Gasteiger partial charge is 0.290 e. The Kier molecular flexibility index (Phi) is 12.2. The molecule has 1 heterocycles. The van der Waals surface area contributed by atoms with Crippen LogP contribution in [0.3, 0.4) is 0 Å². The van der Waals surface area contributed by atoms with E-state index in [1.54, 1.807) is 69.9 Å². The van der Waals surface area contributed by atoms with Gasteiger partial charge in [0, 0.05) is 31.7 Å². The molecular formula is C30H46N6O6. The third kappa shape index (κ3) is 9.64. The van der Waals surface area contributed by atoms with Crippen LogP contribution in [0.4, 0.5) is 0 Å². The number of hydrogen-bond donors (Lipinski definition) is 4. The number of rotatable bonds is 11. The molecule has 12 heteroatoms. The molecule has 2 rings (SSSR count). The Labute approximate surface area is 248 Å². The monoisotopic (exact) mass is 586 g/mol. The van der Waals surface area contributed by atoms with Crippen molar-refractivity contribution in [2.75, 3.05) is 33.2 Å². The molecule has 5 amide bonds. The molecule has 12 nitrogen and oxygen atoms in total. The summed E-state index contributed by atoms with van der Waals surface area (Å²) in [5, 5.41) is 10.4. The van der Waals surface area contributed by atoms with E-state index in [2.05, 4.69) is 26.2 Å². The molecule has 1 aliphatic heterocycles.